The molecule has 0 aliphatic carbocycles. The Labute approximate surface area is 184 Å². The van der Waals surface area contributed by atoms with Gasteiger partial charge in [0.2, 0.25) is 11.8 Å². The van der Waals surface area contributed by atoms with Gasteiger partial charge >= 0.3 is 5.97 Å². The number of fused-ring (bicyclic) bond motifs is 1. The van der Waals surface area contributed by atoms with Crippen molar-refractivity contribution in [3.05, 3.63) is 52.3 Å². The number of aromatic nitrogens is 1. The molecule has 7 nitrogen and oxygen atoms in total. The van der Waals surface area contributed by atoms with Crippen LogP contribution in [0.25, 0.3) is 10.9 Å². The first-order chi connectivity index (χ1) is 14.7. The van der Waals surface area contributed by atoms with Gasteiger partial charge in [0.25, 0.3) is 0 Å². The van der Waals surface area contributed by atoms with Crippen LogP contribution in [0, 0.1) is 20.8 Å². The Kier molecular flexibility index (Phi) is 6.80. The maximum atomic E-state index is 12.6. The summed E-state index contributed by atoms with van der Waals surface area (Å²) in [5.74, 6) is -1.21. The molecule has 3 aromatic rings. The van der Waals surface area contributed by atoms with E-state index in [0.717, 1.165) is 27.1 Å². The summed E-state index contributed by atoms with van der Waals surface area (Å²) in [5.41, 5.74) is 3.11. The molecule has 0 fully saturated rings. The highest BCUT2D eigenvalue weighted by atomic mass is 32.2. The number of carbonyl (C=O) groups excluding carboxylic acids is 3. The van der Waals surface area contributed by atoms with Gasteiger partial charge in [0.15, 0.2) is 5.78 Å². The Hall–Kier alpha value is -3.13. The molecule has 1 N–H and O–H groups in total. The van der Waals surface area contributed by atoms with Gasteiger partial charge in [0, 0.05) is 5.39 Å². The Morgan fingerprint density at radius 1 is 1.13 bits per heavy atom. The van der Waals surface area contributed by atoms with Crippen molar-refractivity contribution in [2.45, 2.75) is 39.6 Å². The van der Waals surface area contributed by atoms with Gasteiger partial charge in [0.05, 0.1) is 28.5 Å². The predicted octanol–water partition coefficient (Wildman–Crippen LogP) is 4.86. The molecule has 2 heterocycles. The molecule has 2 aromatic heterocycles. The number of pyridine rings is 1. The Balaban J connectivity index is 1.80. The van der Waals surface area contributed by atoms with Gasteiger partial charge in [-0.2, -0.15) is 0 Å². The van der Waals surface area contributed by atoms with Crippen molar-refractivity contribution in [1.29, 1.82) is 0 Å². The molecule has 0 aliphatic rings. The highest BCUT2D eigenvalue weighted by molar-refractivity contribution is 7.99. The zero-order valence-electron chi connectivity index (χ0n) is 18.1. The van der Waals surface area contributed by atoms with E-state index in [4.69, 9.17) is 9.15 Å². The zero-order valence-corrected chi connectivity index (χ0v) is 18.9. The molecular formula is C23H24N2O5S. The van der Waals surface area contributed by atoms with Crippen LogP contribution in [0.1, 0.15) is 51.5 Å². The molecular weight excluding hydrogens is 416 g/mol. The number of anilines is 1. The van der Waals surface area contributed by atoms with Crippen LogP contribution in [0.15, 0.2) is 33.7 Å². The maximum Gasteiger partial charge on any atom is 0.344 e. The number of benzene rings is 1. The molecule has 162 valence electrons. The number of thioether (sulfide) groups is 1. The highest BCUT2D eigenvalue weighted by Crippen LogP contribution is 2.29. The quantitative estimate of drug-likeness (QED) is 0.318. The van der Waals surface area contributed by atoms with E-state index in [0.29, 0.717) is 0 Å². The van der Waals surface area contributed by atoms with E-state index in [1.807, 2.05) is 38.1 Å². The average molecular weight is 441 g/mol. The van der Waals surface area contributed by atoms with Crippen molar-refractivity contribution in [1.82, 2.24) is 4.98 Å². The summed E-state index contributed by atoms with van der Waals surface area (Å²) in [6.07, 6.45) is 0. The van der Waals surface area contributed by atoms with E-state index in [-0.39, 0.29) is 46.8 Å². The van der Waals surface area contributed by atoms with Crippen molar-refractivity contribution in [3.63, 3.8) is 0 Å². The number of hydrogen-bond donors (Lipinski definition) is 1. The molecule has 31 heavy (non-hydrogen) atoms. The third-order valence-electron chi connectivity index (χ3n) is 4.74. The van der Waals surface area contributed by atoms with E-state index in [2.05, 4.69) is 10.3 Å². The monoisotopic (exact) mass is 440 g/mol. The van der Waals surface area contributed by atoms with E-state index >= 15 is 0 Å². The number of hydrogen-bond acceptors (Lipinski definition) is 7. The molecule has 0 bridgehead atoms. The minimum Gasteiger partial charge on any atom is -0.462 e. The van der Waals surface area contributed by atoms with Crippen molar-refractivity contribution >= 4 is 46.2 Å². The van der Waals surface area contributed by atoms with Crippen LogP contribution in [0.2, 0.25) is 0 Å². The first-order valence-corrected chi connectivity index (χ1v) is 10.8. The first kappa shape index (κ1) is 22.6. The molecule has 0 saturated carbocycles. The van der Waals surface area contributed by atoms with Crippen molar-refractivity contribution in [2.75, 3.05) is 17.7 Å². The number of aryl methyl sites for hydroxylation is 3. The summed E-state index contributed by atoms with van der Waals surface area (Å²) < 4.78 is 10.5. The van der Waals surface area contributed by atoms with Crippen LogP contribution < -0.4 is 5.32 Å². The molecule has 0 saturated heterocycles. The molecule has 1 amide bonds. The fourth-order valence-corrected chi connectivity index (χ4v) is 4.13. The molecule has 1 aromatic carbocycles. The summed E-state index contributed by atoms with van der Waals surface area (Å²) >= 11 is 1.28. The van der Waals surface area contributed by atoms with Crippen molar-refractivity contribution < 1.29 is 23.5 Å². The second-order valence-corrected chi connectivity index (χ2v) is 8.09. The summed E-state index contributed by atoms with van der Waals surface area (Å²) in [4.78, 5) is 41.6. The van der Waals surface area contributed by atoms with Gasteiger partial charge in [-0.1, -0.05) is 30.0 Å². The molecule has 0 unspecified atom stereocenters. The number of ether oxygens (including phenoxy) is 1. The van der Waals surface area contributed by atoms with E-state index < -0.39 is 5.97 Å². The topological polar surface area (TPSA) is 98.5 Å². The van der Waals surface area contributed by atoms with Crippen molar-refractivity contribution in [2.24, 2.45) is 0 Å². The van der Waals surface area contributed by atoms with Crippen LogP contribution in [0.4, 0.5) is 5.88 Å². The number of esters is 1. The van der Waals surface area contributed by atoms with Gasteiger partial charge in [-0.15, -0.1) is 0 Å². The minimum absolute atomic E-state index is 0.0551. The largest absolute Gasteiger partial charge is 0.462 e. The minimum atomic E-state index is -0.713. The molecule has 0 atom stereocenters. The number of para-hydroxylation sites is 1. The fourth-order valence-electron chi connectivity index (χ4n) is 3.36. The summed E-state index contributed by atoms with van der Waals surface area (Å²) in [6.45, 7) is 8.70. The number of amides is 1. The van der Waals surface area contributed by atoms with E-state index in [9.17, 15) is 14.4 Å². The van der Waals surface area contributed by atoms with Gasteiger partial charge in [-0.05, 0) is 51.8 Å². The lowest BCUT2D eigenvalue weighted by molar-refractivity contribution is -0.113. The van der Waals surface area contributed by atoms with Crippen LogP contribution >= 0.6 is 11.8 Å². The SMILES string of the molecule is CCOC(=O)c1c(NC(=O)CSc2cc(C)c3cccc(C)c3n2)oc(C)c1C(C)=O. The second-order valence-electron chi connectivity index (χ2n) is 7.10. The van der Waals surface area contributed by atoms with Gasteiger partial charge < -0.3 is 9.15 Å². The summed E-state index contributed by atoms with van der Waals surface area (Å²) in [6, 6.07) is 7.95. The Morgan fingerprint density at radius 3 is 2.55 bits per heavy atom. The number of Topliss-reactive ketones (excluding diaryl/α,β-unsaturated/α-hetero) is 1. The van der Waals surface area contributed by atoms with Crippen LogP contribution in [0.5, 0.6) is 0 Å². The lowest BCUT2D eigenvalue weighted by atomic mass is 10.1. The van der Waals surface area contributed by atoms with Gasteiger partial charge in [-0.3, -0.25) is 14.9 Å². The average Bonchev–Trinajstić information content (AvgIpc) is 3.03. The Bertz CT molecular complexity index is 1180. The summed E-state index contributed by atoms with van der Waals surface area (Å²) in [5, 5.41) is 4.39. The standard InChI is InChI=1S/C23H24N2O5S/c1-6-29-23(28)20-19(14(4)26)15(5)30-22(20)24-17(27)11-31-18-10-13(3)16-9-7-8-12(2)21(16)25-18/h7-10H,6,11H2,1-5H3,(H,24,27). The van der Waals surface area contributed by atoms with E-state index in [1.54, 1.807) is 13.8 Å². The van der Waals surface area contributed by atoms with Crippen LogP contribution in [-0.2, 0) is 9.53 Å². The fraction of sp³-hybridized carbons (Fsp3) is 0.304. The zero-order chi connectivity index (χ0) is 22.7. The summed E-state index contributed by atoms with van der Waals surface area (Å²) in [7, 11) is 0. The third kappa shape index (κ3) is 4.80. The number of nitrogens with zero attached hydrogens (tertiary/aromatic N) is 1. The first-order valence-electron chi connectivity index (χ1n) is 9.84. The smallest absolute Gasteiger partial charge is 0.344 e. The molecule has 0 aliphatic heterocycles. The molecule has 3 rings (SSSR count). The van der Waals surface area contributed by atoms with Gasteiger partial charge in [0.1, 0.15) is 11.3 Å². The van der Waals surface area contributed by atoms with E-state index in [1.165, 1.54) is 18.7 Å². The number of rotatable bonds is 7. The van der Waals surface area contributed by atoms with Crippen molar-refractivity contribution in [3.8, 4) is 0 Å². The normalized spacial score (nSPS) is 10.9. The van der Waals surface area contributed by atoms with Crippen LogP contribution in [-0.4, -0.2) is 35.0 Å². The second kappa shape index (κ2) is 9.34. The third-order valence-corrected chi connectivity index (χ3v) is 5.66. The maximum absolute atomic E-state index is 12.6. The lowest BCUT2D eigenvalue weighted by Gasteiger charge is -2.09. The van der Waals surface area contributed by atoms with Gasteiger partial charge in [-0.25, -0.2) is 9.78 Å². The number of furan rings is 1. The highest BCUT2D eigenvalue weighted by Gasteiger charge is 2.28. The molecule has 0 radical (unpaired) electrons. The lowest BCUT2D eigenvalue weighted by Crippen LogP contribution is -2.17. The predicted molar refractivity (Wildman–Crippen MR) is 120 cm³/mol. The number of ketones is 1. The molecule has 8 heteroatoms. The number of carbonyl (C=O) groups is 3. The number of nitrogens with one attached hydrogen (secondary N) is 1. The molecule has 0 spiro atoms. The Morgan fingerprint density at radius 2 is 1.87 bits per heavy atom. The van der Waals surface area contributed by atoms with Crippen LogP contribution in [0.3, 0.4) is 0 Å².